The van der Waals surface area contributed by atoms with E-state index in [4.69, 9.17) is 14.9 Å². The number of amides is 1. The third kappa shape index (κ3) is 5.87. The van der Waals surface area contributed by atoms with Crippen LogP contribution in [-0.2, 0) is 14.4 Å². The normalized spacial score (nSPS) is 10.1. The fourth-order valence-electron chi connectivity index (χ4n) is 1.11. The Hall–Kier alpha value is -2.83. The number of carboxylic acid groups (broad SMARTS) is 2. The molecule has 7 heteroatoms. The van der Waals surface area contributed by atoms with E-state index in [2.05, 4.69) is 5.32 Å². The van der Waals surface area contributed by atoms with Crippen LogP contribution in [0.4, 0.5) is 5.69 Å². The molecule has 0 aliphatic heterocycles. The summed E-state index contributed by atoms with van der Waals surface area (Å²) in [4.78, 5) is 31.7. The highest BCUT2D eigenvalue weighted by atomic mass is 16.5. The van der Waals surface area contributed by atoms with Gasteiger partial charge < -0.3 is 20.3 Å². The van der Waals surface area contributed by atoms with Gasteiger partial charge in [0.25, 0.3) is 0 Å². The summed E-state index contributed by atoms with van der Waals surface area (Å²) in [6.45, 7) is -0.451. The van der Waals surface area contributed by atoms with E-state index in [1.54, 1.807) is 0 Å². The van der Waals surface area contributed by atoms with Gasteiger partial charge in [0.15, 0.2) is 6.61 Å². The maximum atomic E-state index is 11.2. The summed E-state index contributed by atoms with van der Waals surface area (Å²) in [7, 11) is 0. The van der Waals surface area contributed by atoms with Crippen molar-refractivity contribution >= 4 is 23.5 Å². The van der Waals surface area contributed by atoms with Gasteiger partial charge in [-0.15, -0.1) is 0 Å². The van der Waals surface area contributed by atoms with Crippen LogP contribution >= 0.6 is 0 Å². The first kappa shape index (κ1) is 14.2. The van der Waals surface area contributed by atoms with Crippen LogP contribution in [-0.4, -0.2) is 34.7 Å². The van der Waals surface area contributed by atoms with Gasteiger partial charge in [-0.25, -0.2) is 9.59 Å². The molecule has 0 radical (unpaired) electrons. The lowest BCUT2D eigenvalue weighted by molar-refractivity contribution is -0.139. The summed E-state index contributed by atoms with van der Waals surface area (Å²) < 4.78 is 4.90. The smallest absolute Gasteiger partial charge is 0.341 e. The SMILES string of the molecule is O=C(O)/C=C\C(=O)Nc1ccc(OCC(=O)O)cc1. The molecule has 0 aromatic heterocycles. The highest BCUT2D eigenvalue weighted by Gasteiger charge is 2.01. The molecule has 7 nitrogen and oxygen atoms in total. The first-order valence-electron chi connectivity index (χ1n) is 5.14. The molecule has 1 aromatic rings. The highest BCUT2D eigenvalue weighted by molar-refractivity contribution is 6.02. The molecule has 0 bridgehead atoms. The first-order valence-corrected chi connectivity index (χ1v) is 5.14. The Balaban J connectivity index is 2.54. The topological polar surface area (TPSA) is 113 Å². The number of nitrogens with one attached hydrogen (secondary N) is 1. The van der Waals surface area contributed by atoms with Crippen LogP contribution in [0.15, 0.2) is 36.4 Å². The Morgan fingerprint density at radius 3 is 2.26 bits per heavy atom. The molecular weight excluding hydrogens is 254 g/mol. The van der Waals surface area contributed by atoms with E-state index in [1.807, 2.05) is 0 Å². The minimum absolute atomic E-state index is 0.349. The third-order valence-electron chi connectivity index (χ3n) is 1.86. The van der Waals surface area contributed by atoms with Crippen molar-refractivity contribution < 1.29 is 29.3 Å². The number of carbonyl (C=O) groups is 3. The zero-order valence-corrected chi connectivity index (χ0v) is 9.70. The summed E-state index contributed by atoms with van der Waals surface area (Å²) in [6, 6.07) is 5.98. The molecule has 0 aliphatic rings. The average Bonchev–Trinajstić information content (AvgIpc) is 2.35. The minimum atomic E-state index is -1.22. The predicted octanol–water partition coefficient (Wildman–Crippen LogP) is 0.729. The Morgan fingerprint density at radius 1 is 1.11 bits per heavy atom. The maximum absolute atomic E-state index is 11.2. The van der Waals surface area contributed by atoms with E-state index >= 15 is 0 Å². The van der Waals surface area contributed by atoms with E-state index < -0.39 is 24.5 Å². The molecule has 0 aliphatic carbocycles. The summed E-state index contributed by atoms with van der Waals surface area (Å²) in [6.07, 6.45) is 1.61. The highest BCUT2D eigenvalue weighted by Crippen LogP contribution is 2.15. The molecule has 19 heavy (non-hydrogen) atoms. The summed E-state index contributed by atoms with van der Waals surface area (Å²) in [5, 5.41) is 19.2. The lowest BCUT2D eigenvalue weighted by Crippen LogP contribution is -2.10. The first-order chi connectivity index (χ1) is 8.97. The van der Waals surface area contributed by atoms with Gasteiger partial charge in [0.1, 0.15) is 5.75 Å². The van der Waals surface area contributed by atoms with Crippen molar-refractivity contribution in [2.75, 3.05) is 11.9 Å². The number of rotatable bonds is 6. The molecule has 0 heterocycles. The summed E-state index contributed by atoms with van der Waals surface area (Å²) in [5.74, 6) is -2.54. The monoisotopic (exact) mass is 265 g/mol. The molecular formula is C12H11NO6. The standard InChI is InChI=1S/C12H11NO6/c14-10(5-6-11(15)16)13-8-1-3-9(4-2-8)19-7-12(17)18/h1-6H,7H2,(H,13,14)(H,15,16)(H,17,18)/b6-5-. The van der Waals surface area contributed by atoms with Gasteiger partial charge in [-0.2, -0.15) is 0 Å². The Labute approximate surface area is 108 Å². The number of hydrogen-bond donors (Lipinski definition) is 3. The molecule has 1 rings (SSSR count). The predicted molar refractivity (Wildman–Crippen MR) is 65.0 cm³/mol. The van der Waals surface area contributed by atoms with Crippen molar-refractivity contribution in [1.29, 1.82) is 0 Å². The van der Waals surface area contributed by atoms with Gasteiger partial charge in [0.05, 0.1) is 0 Å². The number of aliphatic carboxylic acids is 2. The van der Waals surface area contributed by atoms with E-state index in [0.29, 0.717) is 11.4 Å². The van der Waals surface area contributed by atoms with Gasteiger partial charge in [-0.3, -0.25) is 4.79 Å². The molecule has 0 fully saturated rings. The second kappa shape index (κ2) is 6.80. The molecule has 0 atom stereocenters. The fourth-order valence-corrected chi connectivity index (χ4v) is 1.11. The number of carboxylic acids is 2. The van der Waals surface area contributed by atoms with Crippen LogP contribution in [0.3, 0.4) is 0 Å². The molecule has 0 unspecified atom stereocenters. The van der Waals surface area contributed by atoms with Crippen molar-refractivity contribution in [2.24, 2.45) is 0 Å². The van der Waals surface area contributed by atoms with E-state index in [-0.39, 0.29) is 0 Å². The molecule has 0 spiro atoms. The van der Waals surface area contributed by atoms with E-state index in [9.17, 15) is 14.4 Å². The lowest BCUT2D eigenvalue weighted by atomic mass is 10.3. The molecule has 0 saturated heterocycles. The van der Waals surface area contributed by atoms with E-state index in [0.717, 1.165) is 12.2 Å². The van der Waals surface area contributed by atoms with Crippen LogP contribution in [0.1, 0.15) is 0 Å². The van der Waals surface area contributed by atoms with Gasteiger partial charge >= 0.3 is 11.9 Å². The summed E-state index contributed by atoms with van der Waals surface area (Å²) >= 11 is 0. The van der Waals surface area contributed by atoms with Crippen LogP contribution in [0.5, 0.6) is 5.75 Å². The van der Waals surface area contributed by atoms with Gasteiger partial charge in [0, 0.05) is 17.8 Å². The maximum Gasteiger partial charge on any atom is 0.341 e. The van der Waals surface area contributed by atoms with Gasteiger partial charge in [-0.05, 0) is 24.3 Å². The lowest BCUT2D eigenvalue weighted by Gasteiger charge is -2.05. The third-order valence-corrected chi connectivity index (χ3v) is 1.86. The van der Waals surface area contributed by atoms with E-state index in [1.165, 1.54) is 24.3 Å². The molecule has 1 aromatic carbocycles. The second-order valence-electron chi connectivity index (χ2n) is 3.37. The quantitative estimate of drug-likeness (QED) is 0.653. The molecule has 100 valence electrons. The van der Waals surface area contributed by atoms with Crippen LogP contribution in [0, 0.1) is 0 Å². The Morgan fingerprint density at radius 2 is 1.74 bits per heavy atom. The average molecular weight is 265 g/mol. The van der Waals surface area contributed by atoms with Crippen molar-refractivity contribution in [1.82, 2.24) is 0 Å². The Bertz CT molecular complexity index is 505. The van der Waals surface area contributed by atoms with Crippen molar-refractivity contribution in [3.8, 4) is 5.75 Å². The number of anilines is 1. The number of benzene rings is 1. The number of hydrogen-bond acceptors (Lipinski definition) is 4. The van der Waals surface area contributed by atoms with Crippen molar-refractivity contribution in [3.63, 3.8) is 0 Å². The molecule has 1 amide bonds. The largest absolute Gasteiger partial charge is 0.482 e. The van der Waals surface area contributed by atoms with Crippen molar-refractivity contribution in [3.05, 3.63) is 36.4 Å². The Kier molecular flexibility index (Phi) is 5.09. The fraction of sp³-hybridized carbons (Fsp3) is 0.0833. The zero-order valence-electron chi connectivity index (χ0n) is 9.70. The van der Waals surface area contributed by atoms with Crippen molar-refractivity contribution in [2.45, 2.75) is 0 Å². The van der Waals surface area contributed by atoms with Crippen LogP contribution in [0.2, 0.25) is 0 Å². The summed E-state index contributed by atoms with van der Waals surface area (Å²) in [5.41, 5.74) is 0.433. The van der Waals surface area contributed by atoms with Gasteiger partial charge in [-0.1, -0.05) is 0 Å². The van der Waals surface area contributed by atoms with Gasteiger partial charge in [0.2, 0.25) is 5.91 Å². The molecule has 3 N–H and O–H groups in total. The van der Waals surface area contributed by atoms with Crippen LogP contribution in [0.25, 0.3) is 0 Å². The number of carbonyl (C=O) groups excluding carboxylic acids is 1. The van der Waals surface area contributed by atoms with Crippen LogP contribution < -0.4 is 10.1 Å². The zero-order chi connectivity index (χ0) is 14.3. The minimum Gasteiger partial charge on any atom is -0.482 e. The second-order valence-corrected chi connectivity index (χ2v) is 3.37. The molecule has 0 saturated carbocycles. The number of ether oxygens (including phenoxy) is 1.